The molecule has 0 saturated carbocycles. The Morgan fingerprint density at radius 3 is 1.67 bits per heavy atom. The molecule has 0 spiro atoms. The SMILES string of the molecule is CCOC(=O)CCCCCCCCCCCC(CC)C(CC)C(=O)OCC. The second-order valence-electron chi connectivity index (χ2n) is 7.46. The third-order valence-corrected chi connectivity index (χ3v) is 5.38. The van der Waals surface area contributed by atoms with E-state index in [4.69, 9.17) is 9.47 Å². The molecule has 0 radical (unpaired) electrons. The van der Waals surface area contributed by atoms with Gasteiger partial charge in [0.15, 0.2) is 0 Å². The molecule has 0 aliphatic carbocycles. The molecule has 4 heteroatoms. The maximum Gasteiger partial charge on any atom is 0.309 e. The van der Waals surface area contributed by atoms with E-state index in [1.165, 1.54) is 44.9 Å². The summed E-state index contributed by atoms with van der Waals surface area (Å²) in [6.07, 6.45) is 14.6. The van der Waals surface area contributed by atoms with Gasteiger partial charge in [0.05, 0.1) is 19.1 Å². The van der Waals surface area contributed by atoms with Gasteiger partial charge in [0.1, 0.15) is 0 Å². The van der Waals surface area contributed by atoms with Gasteiger partial charge in [0.2, 0.25) is 0 Å². The Morgan fingerprint density at radius 2 is 1.19 bits per heavy atom. The number of esters is 2. The fourth-order valence-electron chi connectivity index (χ4n) is 3.78. The van der Waals surface area contributed by atoms with Crippen molar-refractivity contribution in [3.05, 3.63) is 0 Å². The molecule has 0 aromatic heterocycles. The molecule has 0 fully saturated rings. The molecule has 0 aliphatic rings. The molecule has 0 aliphatic heterocycles. The van der Waals surface area contributed by atoms with Crippen molar-refractivity contribution in [3.63, 3.8) is 0 Å². The normalized spacial score (nSPS) is 13.2. The summed E-state index contributed by atoms with van der Waals surface area (Å²) in [6, 6.07) is 0. The molecule has 27 heavy (non-hydrogen) atoms. The highest BCUT2D eigenvalue weighted by Gasteiger charge is 2.26. The van der Waals surface area contributed by atoms with E-state index in [1.807, 2.05) is 13.8 Å². The molecule has 160 valence electrons. The van der Waals surface area contributed by atoms with Crippen LogP contribution in [-0.2, 0) is 19.1 Å². The number of hydrogen-bond acceptors (Lipinski definition) is 4. The molecule has 0 aromatic rings. The number of unbranched alkanes of at least 4 members (excludes halogenated alkanes) is 8. The van der Waals surface area contributed by atoms with Crippen LogP contribution >= 0.6 is 0 Å². The van der Waals surface area contributed by atoms with Gasteiger partial charge in [-0.25, -0.2) is 0 Å². The van der Waals surface area contributed by atoms with Crippen LogP contribution in [0.25, 0.3) is 0 Å². The Morgan fingerprint density at radius 1 is 0.667 bits per heavy atom. The van der Waals surface area contributed by atoms with E-state index in [0.717, 1.165) is 32.1 Å². The topological polar surface area (TPSA) is 52.6 Å². The second-order valence-corrected chi connectivity index (χ2v) is 7.46. The minimum Gasteiger partial charge on any atom is -0.466 e. The summed E-state index contributed by atoms with van der Waals surface area (Å²) < 4.78 is 10.2. The summed E-state index contributed by atoms with van der Waals surface area (Å²) in [5.41, 5.74) is 0. The first-order chi connectivity index (χ1) is 13.1. The van der Waals surface area contributed by atoms with E-state index in [2.05, 4.69) is 13.8 Å². The largest absolute Gasteiger partial charge is 0.466 e. The molecule has 2 atom stereocenters. The van der Waals surface area contributed by atoms with E-state index in [-0.39, 0.29) is 17.9 Å². The number of hydrogen-bond donors (Lipinski definition) is 0. The van der Waals surface area contributed by atoms with Gasteiger partial charge in [0, 0.05) is 6.42 Å². The minimum absolute atomic E-state index is 0.00481. The predicted molar refractivity (Wildman–Crippen MR) is 112 cm³/mol. The van der Waals surface area contributed by atoms with Crippen molar-refractivity contribution in [1.82, 2.24) is 0 Å². The van der Waals surface area contributed by atoms with E-state index < -0.39 is 0 Å². The lowest BCUT2D eigenvalue weighted by molar-refractivity contribution is -0.150. The van der Waals surface area contributed by atoms with Crippen molar-refractivity contribution in [2.75, 3.05) is 13.2 Å². The Balaban J connectivity index is 3.63. The molecule has 0 saturated heterocycles. The molecule has 0 N–H and O–H groups in total. The highest BCUT2D eigenvalue weighted by Crippen LogP contribution is 2.26. The van der Waals surface area contributed by atoms with E-state index >= 15 is 0 Å². The molecule has 0 heterocycles. The van der Waals surface area contributed by atoms with Gasteiger partial charge < -0.3 is 9.47 Å². The highest BCUT2D eigenvalue weighted by atomic mass is 16.5. The van der Waals surface area contributed by atoms with E-state index in [9.17, 15) is 9.59 Å². The molecule has 0 aromatic carbocycles. The molecule has 2 unspecified atom stereocenters. The zero-order chi connectivity index (χ0) is 20.3. The summed E-state index contributed by atoms with van der Waals surface area (Å²) in [4.78, 5) is 23.3. The van der Waals surface area contributed by atoms with Gasteiger partial charge in [0.25, 0.3) is 0 Å². The van der Waals surface area contributed by atoms with Crippen molar-refractivity contribution >= 4 is 11.9 Å². The third-order valence-electron chi connectivity index (χ3n) is 5.38. The first-order valence-electron chi connectivity index (χ1n) is 11.4. The van der Waals surface area contributed by atoms with Crippen LogP contribution in [0.5, 0.6) is 0 Å². The standard InChI is InChI=1S/C23H44O4/c1-5-20(21(6-2)23(25)27-8-4)18-16-14-12-10-9-11-13-15-17-19-22(24)26-7-3/h20-21H,5-19H2,1-4H3. The molecular formula is C23H44O4. The van der Waals surface area contributed by atoms with Crippen molar-refractivity contribution < 1.29 is 19.1 Å². The summed E-state index contributed by atoms with van der Waals surface area (Å²) in [7, 11) is 0. The summed E-state index contributed by atoms with van der Waals surface area (Å²) in [5, 5.41) is 0. The Bertz CT molecular complexity index is 367. The molecule has 4 nitrogen and oxygen atoms in total. The van der Waals surface area contributed by atoms with E-state index in [1.54, 1.807) is 0 Å². The van der Waals surface area contributed by atoms with Crippen LogP contribution in [-0.4, -0.2) is 25.2 Å². The van der Waals surface area contributed by atoms with Crippen LogP contribution in [0.1, 0.15) is 111 Å². The Hall–Kier alpha value is -1.06. The van der Waals surface area contributed by atoms with Gasteiger partial charge in [-0.1, -0.05) is 71.6 Å². The average molecular weight is 385 g/mol. The molecule has 0 rings (SSSR count). The quantitative estimate of drug-likeness (QED) is 0.201. The fraction of sp³-hybridized carbons (Fsp3) is 0.913. The van der Waals surface area contributed by atoms with Crippen LogP contribution in [0.15, 0.2) is 0 Å². The number of carbonyl (C=O) groups is 2. The lowest BCUT2D eigenvalue weighted by atomic mass is 9.84. The third kappa shape index (κ3) is 13.7. The minimum atomic E-state index is -0.0591. The monoisotopic (exact) mass is 384 g/mol. The first-order valence-corrected chi connectivity index (χ1v) is 11.4. The zero-order valence-corrected chi connectivity index (χ0v) is 18.4. The summed E-state index contributed by atoms with van der Waals surface area (Å²) in [6.45, 7) is 8.98. The maximum atomic E-state index is 12.1. The van der Waals surface area contributed by atoms with Crippen molar-refractivity contribution in [2.45, 2.75) is 111 Å². The van der Waals surface area contributed by atoms with Crippen LogP contribution in [0.4, 0.5) is 0 Å². The molecule has 0 amide bonds. The van der Waals surface area contributed by atoms with Gasteiger partial charge in [-0.2, -0.15) is 0 Å². The Kier molecular flexibility index (Phi) is 17.6. The van der Waals surface area contributed by atoms with E-state index in [0.29, 0.717) is 25.6 Å². The summed E-state index contributed by atoms with van der Waals surface area (Å²) in [5.74, 6) is 0.476. The first kappa shape index (κ1) is 25.9. The molecule has 0 bridgehead atoms. The predicted octanol–water partition coefficient (Wildman–Crippen LogP) is 6.46. The second kappa shape index (κ2) is 18.3. The van der Waals surface area contributed by atoms with Crippen molar-refractivity contribution in [1.29, 1.82) is 0 Å². The zero-order valence-electron chi connectivity index (χ0n) is 18.4. The number of ether oxygens (including phenoxy) is 2. The van der Waals surface area contributed by atoms with Crippen molar-refractivity contribution in [3.8, 4) is 0 Å². The van der Waals surface area contributed by atoms with Gasteiger partial charge in [-0.3, -0.25) is 9.59 Å². The smallest absolute Gasteiger partial charge is 0.309 e. The van der Waals surface area contributed by atoms with Crippen molar-refractivity contribution in [2.24, 2.45) is 11.8 Å². The highest BCUT2D eigenvalue weighted by molar-refractivity contribution is 5.72. The Labute approximate surface area is 167 Å². The van der Waals surface area contributed by atoms with Crippen LogP contribution in [0, 0.1) is 11.8 Å². The average Bonchev–Trinajstić information content (AvgIpc) is 2.65. The number of rotatable bonds is 18. The van der Waals surface area contributed by atoms with Crippen LogP contribution < -0.4 is 0 Å². The molecular weight excluding hydrogens is 340 g/mol. The van der Waals surface area contributed by atoms with Gasteiger partial charge in [-0.15, -0.1) is 0 Å². The summed E-state index contributed by atoms with van der Waals surface area (Å²) >= 11 is 0. The number of carbonyl (C=O) groups excluding carboxylic acids is 2. The maximum absolute atomic E-state index is 12.1. The van der Waals surface area contributed by atoms with Gasteiger partial charge in [-0.05, 0) is 39.0 Å². The lowest BCUT2D eigenvalue weighted by Gasteiger charge is -2.23. The lowest BCUT2D eigenvalue weighted by Crippen LogP contribution is -2.25. The van der Waals surface area contributed by atoms with Gasteiger partial charge >= 0.3 is 11.9 Å². The fourth-order valence-corrected chi connectivity index (χ4v) is 3.78. The van der Waals surface area contributed by atoms with Crippen LogP contribution in [0.3, 0.4) is 0 Å². The van der Waals surface area contributed by atoms with Crippen LogP contribution in [0.2, 0.25) is 0 Å².